The summed E-state index contributed by atoms with van der Waals surface area (Å²) < 4.78 is 0. The quantitative estimate of drug-likeness (QED) is 0.613. The first-order valence-electron chi connectivity index (χ1n) is 9.10. The van der Waals surface area contributed by atoms with Crippen LogP contribution in [-0.4, -0.2) is 22.4 Å². The highest BCUT2D eigenvalue weighted by Gasteiger charge is 2.10. The molecule has 0 unspecified atom stereocenters. The molecule has 0 bridgehead atoms. The van der Waals surface area contributed by atoms with Gasteiger partial charge in [0.1, 0.15) is 11.5 Å². The van der Waals surface area contributed by atoms with Crippen molar-refractivity contribution in [1.29, 1.82) is 0 Å². The summed E-state index contributed by atoms with van der Waals surface area (Å²) in [6.45, 7) is 4.76. The van der Waals surface area contributed by atoms with Gasteiger partial charge in [-0.2, -0.15) is 0 Å². The van der Waals surface area contributed by atoms with E-state index in [1.165, 1.54) is 11.8 Å². The fraction of sp³-hybridized carbons (Fsp3) is 0.227. The van der Waals surface area contributed by atoms with Gasteiger partial charge in [0.25, 0.3) is 5.91 Å². The molecule has 0 spiro atoms. The summed E-state index contributed by atoms with van der Waals surface area (Å²) in [5.74, 6) is 0.415. The largest absolute Gasteiger partial charge is 0.369 e. The van der Waals surface area contributed by atoms with Crippen molar-refractivity contribution in [1.82, 2.24) is 9.97 Å². The number of aromatic nitrogens is 2. The fourth-order valence-electron chi connectivity index (χ4n) is 2.75. The van der Waals surface area contributed by atoms with E-state index in [1.54, 1.807) is 6.20 Å². The van der Waals surface area contributed by atoms with Gasteiger partial charge in [0.05, 0.1) is 12.4 Å². The minimum absolute atomic E-state index is 0.258. The van der Waals surface area contributed by atoms with Gasteiger partial charge >= 0.3 is 0 Å². The first-order chi connectivity index (χ1) is 13.1. The third-order valence-corrected chi connectivity index (χ3v) is 4.32. The number of hydrogen-bond acceptors (Lipinski definition) is 4. The van der Waals surface area contributed by atoms with Crippen LogP contribution in [0.5, 0.6) is 0 Å². The summed E-state index contributed by atoms with van der Waals surface area (Å²) in [6, 6.07) is 16.3. The predicted molar refractivity (Wildman–Crippen MR) is 109 cm³/mol. The molecule has 0 radical (unpaired) electrons. The van der Waals surface area contributed by atoms with Gasteiger partial charge in [-0.15, -0.1) is 0 Å². The Labute approximate surface area is 159 Å². The maximum absolute atomic E-state index is 12.4. The van der Waals surface area contributed by atoms with E-state index < -0.39 is 0 Å². The predicted octanol–water partition coefficient (Wildman–Crippen LogP) is 4.39. The van der Waals surface area contributed by atoms with E-state index in [0.717, 1.165) is 36.2 Å². The summed E-state index contributed by atoms with van der Waals surface area (Å²) >= 11 is 0. The molecule has 1 heterocycles. The van der Waals surface area contributed by atoms with Crippen molar-refractivity contribution >= 4 is 17.4 Å². The fourth-order valence-corrected chi connectivity index (χ4v) is 2.75. The molecule has 5 nitrogen and oxygen atoms in total. The van der Waals surface area contributed by atoms with Crippen molar-refractivity contribution in [3.8, 4) is 0 Å². The van der Waals surface area contributed by atoms with Crippen LogP contribution in [0.1, 0.15) is 33.6 Å². The lowest BCUT2D eigenvalue weighted by Gasteiger charge is -2.09. The maximum Gasteiger partial charge on any atom is 0.275 e. The van der Waals surface area contributed by atoms with Gasteiger partial charge in [0, 0.05) is 12.2 Å². The van der Waals surface area contributed by atoms with Gasteiger partial charge in [-0.25, -0.2) is 9.97 Å². The van der Waals surface area contributed by atoms with Crippen LogP contribution in [0.2, 0.25) is 0 Å². The highest BCUT2D eigenvalue weighted by Crippen LogP contribution is 2.17. The number of carbonyl (C=O) groups excluding carboxylic acids is 1. The minimum atomic E-state index is -0.258. The Morgan fingerprint density at radius 2 is 1.81 bits per heavy atom. The Balaban J connectivity index is 1.50. The van der Waals surface area contributed by atoms with Crippen LogP contribution >= 0.6 is 0 Å². The first kappa shape index (κ1) is 18.6. The molecule has 138 valence electrons. The van der Waals surface area contributed by atoms with Crippen molar-refractivity contribution in [3.63, 3.8) is 0 Å². The highest BCUT2D eigenvalue weighted by molar-refractivity contribution is 6.03. The molecule has 0 atom stereocenters. The molecule has 0 saturated carbocycles. The van der Waals surface area contributed by atoms with E-state index in [-0.39, 0.29) is 5.91 Å². The highest BCUT2D eigenvalue weighted by atomic mass is 16.1. The number of aryl methyl sites for hydroxylation is 3. The van der Waals surface area contributed by atoms with Crippen LogP contribution in [0.3, 0.4) is 0 Å². The summed E-state index contributed by atoms with van der Waals surface area (Å²) in [5, 5.41) is 6.14. The molecular weight excluding hydrogens is 336 g/mol. The van der Waals surface area contributed by atoms with E-state index in [2.05, 4.69) is 44.9 Å². The van der Waals surface area contributed by atoms with E-state index in [1.807, 2.05) is 38.1 Å². The molecule has 27 heavy (non-hydrogen) atoms. The third kappa shape index (κ3) is 5.38. The van der Waals surface area contributed by atoms with Crippen molar-refractivity contribution in [2.24, 2.45) is 0 Å². The summed E-state index contributed by atoms with van der Waals surface area (Å²) in [6.07, 6.45) is 5.11. The normalized spacial score (nSPS) is 10.4. The molecule has 0 saturated heterocycles. The van der Waals surface area contributed by atoms with Crippen LogP contribution in [-0.2, 0) is 6.42 Å². The molecule has 0 fully saturated rings. The van der Waals surface area contributed by atoms with Crippen LogP contribution in [0.25, 0.3) is 0 Å². The molecule has 0 aliphatic rings. The second-order valence-corrected chi connectivity index (χ2v) is 6.58. The van der Waals surface area contributed by atoms with Gasteiger partial charge in [0.2, 0.25) is 0 Å². The third-order valence-electron chi connectivity index (χ3n) is 4.32. The molecule has 1 aromatic heterocycles. The molecule has 5 heteroatoms. The van der Waals surface area contributed by atoms with E-state index in [4.69, 9.17) is 0 Å². The Morgan fingerprint density at radius 3 is 2.56 bits per heavy atom. The van der Waals surface area contributed by atoms with Crippen molar-refractivity contribution < 1.29 is 4.79 Å². The van der Waals surface area contributed by atoms with Crippen molar-refractivity contribution in [2.75, 3.05) is 17.2 Å². The standard InChI is InChI=1S/C22H24N4O/c1-16-10-11-17(2)19(13-16)26-22(27)20-14-25-21(15-24-20)23-12-6-9-18-7-4-3-5-8-18/h3-5,7-8,10-11,13-15H,6,9,12H2,1-2H3,(H,23,25)(H,26,27). The number of anilines is 2. The Bertz CT molecular complexity index is 892. The molecule has 1 amide bonds. The van der Waals surface area contributed by atoms with E-state index >= 15 is 0 Å². The lowest BCUT2D eigenvalue weighted by molar-refractivity contribution is 0.102. The molecule has 0 aliphatic carbocycles. The number of amides is 1. The summed E-state index contributed by atoms with van der Waals surface area (Å²) in [4.78, 5) is 20.9. The average molecular weight is 360 g/mol. The molecule has 2 aromatic carbocycles. The van der Waals surface area contributed by atoms with Crippen molar-refractivity contribution in [2.45, 2.75) is 26.7 Å². The molecule has 3 rings (SSSR count). The molecule has 0 aliphatic heterocycles. The van der Waals surface area contributed by atoms with E-state index in [9.17, 15) is 4.79 Å². The Kier molecular flexibility index (Phi) is 6.15. The van der Waals surface area contributed by atoms with Crippen LogP contribution in [0.4, 0.5) is 11.5 Å². The van der Waals surface area contributed by atoms with Crippen molar-refractivity contribution in [3.05, 3.63) is 83.3 Å². The lowest BCUT2D eigenvalue weighted by atomic mass is 10.1. The zero-order chi connectivity index (χ0) is 19.1. The molecule has 2 N–H and O–H groups in total. The Hall–Kier alpha value is -3.21. The second kappa shape index (κ2) is 8.94. The second-order valence-electron chi connectivity index (χ2n) is 6.58. The zero-order valence-corrected chi connectivity index (χ0v) is 15.7. The van der Waals surface area contributed by atoms with Gasteiger partial charge in [-0.05, 0) is 49.4 Å². The average Bonchev–Trinajstić information content (AvgIpc) is 2.69. The molecular formula is C22H24N4O. The summed E-state index contributed by atoms with van der Waals surface area (Å²) in [5.41, 5.74) is 4.52. The maximum atomic E-state index is 12.4. The SMILES string of the molecule is Cc1ccc(C)c(NC(=O)c2cnc(NCCCc3ccccc3)cn2)c1. The number of hydrogen-bond donors (Lipinski definition) is 2. The lowest BCUT2D eigenvalue weighted by Crippen LogP contribution is -2.15. The Morgan fingerprint density at radius 1 is 1.00 bits per heavy atom. The monoisotopic (exact) mass is 360 g/mol. The van der Waals surface area contributed by atoms with Gasteiger partial charge in [0.15, 0.2) is 0 Å². The number of benzene rings is 2. The minimum Gasteiger partial charge on any atom is -0.369 e. The molecule has 3 aromatic rings. The topological polar surface area (TPSA) is 66.9 Å². The number of rotatable bonds is 7. The van der Waals surface area contributed by atoms with Gasteiger partial charge in [-0.1, -0.05) is 42.5 Å². The van der Waals surface area contributed by atoms with Gasteiger partial charge in [-0.3, -0.25) is 4.79 Å². The number of nitrogens with one attached hydrogen (secondary N) is 2. The van der Waals surface area contributed by atoms with Gasteiger partial charge < -0.3 is 10.6 Å². The number of carbonyl (C=O) groups is 1. The first-order valence-corrected chi connectivity index (χ1v) is 9.10. The van der Waals surface area contributed by atoms with Crippen LogP contribution in [0.15, 0.2) is 60.9 Å². The summed E-state index contributed by atoms with van der Waals surface area (Å²) in [7, 11) is 0. The smallest absolute Gasteiger partial charge is 0.275 e. The van der Waals surface area contributed by atoms with E-state index in [0.29, 0.717) is 11.5 Å². The zero-order valence-electron chi connectivity index (χ0n) is 15.7. The van der Waals surface area contributed by atoms with Crippen LogP contribution in [0, 0.1) is 13.8 Å². The number of nitrogens with zero attached hydrogens (tertiary/aromatic N) is 2. The van der Waals surface area contributed by atoms with Crippen LogP contribution < -0.4 is 10.6 Å².